The molecule has 7 nitrogen and oxygen atoms in total. The molecule has 2 aromatic heterocycles. The molecule has 3 aromatic rings. The average Bonchev–Trinajstić information content (AvgIpc) is 3.30. The number of likely N-dealkylation sites (tertiary alicyclic amines) is 1. The maximum atomic E-state index is 13.0. The van der Waals surface area contributed by atoms with Crippen molar-refractivity contribution in [2.75, 3.05) is 26.7 Å². The van der Waals surface area contributed by atoms with Crippen molar-refractivity contribution in [1.29, 1.82) is 0 Å². The molecule has 2 aliphatic heterocycles. The third-order valence-electron chi connectivity index (χ3n) is 6.21. The minimum atomic E-state index is -0.0592. The van der Waals surface area contributed by atoms with Gasteiger partial charge in [0, 0.05) is 44.2 Å². The number of hydrogen-bond donors (Lipinski definition) is 1. The van der Waals surface area contributed by atoms with Crippen LogP contribution in [0.3, 0.4) is 0 Å². The topological polar surface area (TPSA) is 78.3 Å². The van der Waals surface area contributed by atoms with Gasteiger partial charge in [0.2, 0.25) is 0 Å². The predicted molar refractivity (Wildman–Crippen MR) is 100 cm³/mol. The quantitative estimate of drug-likeness (QED) is 0.717. The first-order chi connectivity index (χ1) is 13.1. The Labute approximate surface area is 157 Å². The molecule has 27 heavy (non-hydrogen) atoms. The van der Waals surface area contributed by atoms with Crippen molar-refractivity contribution in [3.8, 4) is 0 Å². The molecular formula is C20H23N5O2. The van der Waals surface area contributed by atoms with Crippen LogP contribution in [0, 0.1) is 6.92 Å². The van der Waals surface area contributed by atoms with Crippen LogP contribution >= 0.6 is 0 Å². The lowest BCUT2D eigenvalue weighted by Gasteiger charge is -2.49. The molecular weight excluding hydrogens is 342 g/mol. The lowest BCUT2D eigenvalue weighted by Crippen LogP contribution is -2.55. The minimum Gasteiger partial charge on any atom is -0.441 e. The van der Waals surface area contributed by atoms with E-state index >= 15 is 0 Å². The highest BCUT2D eigenvalue weighted by Gasteiger charge is 2.45. The van der Waals surface area contributed by atoms with Crippen molar-refractivity contribution < 1.29 is 9.21 Å². The van der Waals surface area contributed by atoms with Gasteiger partial charge in [-0.05, 0) is 38.1 Å². The molecule has 2 aliphatic rings. The van der Waals surface area contributed by atoms with E-state index in [4.69, 9.17) is 4.42 Å². The van der Waals surface area contributed by atoms with Crippen LogP contribution in [-0.4, -0.2) is 57.3 Å². The maximum absolute atomic E-state index is 13.0. The molecule has 0 atom stereocenters. The van der Waals surface area contributed by atoms with Gasteiger partial charge in [-0.2, -0.15) is 0 Å². The summed E-state index contributed by atoms with van der Waals surface area (Å²) in [6, 6.07) is 5.51. The van der Waals surface area contributed by atoms with E-state index in [0.717, 1.165) is 44.4 Å². The number of likely N-dealkylation sites (N-methyl/N-ethyl adjacent to an activating group) is 1. The number of aromatic nitrogens is 3. The lowest BCUT2D eigenvalue weighted by molar-refractivity contribution is 0.0226. The van der Waals surface area contributed by atoms with Crippen molar-refractivity contribution in [3.63, 3.8) is 0 Å². The molecule has 1 fully saturated rings. The number of piperidine rings is 1. The highest BCUT2D eigenvalue weighted by molar-refractivity contribution is 5.97. The number of amides is 1. The Balaban J connectivity index is 1.38. The van der Waals surface area contributed by atoms with E-state index in [1.165, 1.54) is 11.4 Å². The molecule has 1 spiro atoms. The van der Waals surface area contributed by atoms with E-state index in [0.29, 0.717) is 17.0 Å². The Morgan fingerprint density at radius 2 is 2.07 bits per heavy atom. The Morgan fingerprint density at radius 3 is 2.89 bits per heavy atom. The van der Waals surface area contributed by atoms with E-state index in [1.807, 2.05) is 24.0 Å². The highest BCUT2D eigenvalue weighted by atomic mass is 16.3. The molecule has 4 heterocycles. The van der Waals surface area contributed by atoms with Crippen molar-refractivity contribution in [3.05, 3.63) is 47.4 Å². The number of nitrogens with zero attached hydrogens (tertiary/aromatic N) is 4. The summed E-state index contributed by atoms with van der Waals surface area (Å²) in [7, 11) is 2.18. The molecule has 0 radical (unpaired) electrons. The van der Waals surface area contributed by atoms with Crippen molar-refractivity contribution in [2.24, 2.45) is 0 Å². The Hall–Kier alpha value is -2.67. The summed E-state index contributed by atoms with van der Waals surface area (Å²) >= 11 is 0. The maximum Gasteiger partial charge on any atom is 0.253 e. The number of imidazole rings is 1. The van der Waals surface area contributed by atoms with Crippen molar-refractivity contribution in [1.82, 2.24) is 24.8 Å². The standard InChI is InChI=1S/C20H23N5O2/c1-13-23-15-4-3-14(11-17(15)27-13)19(26)25-9-6-20(7-10-25)18-16(21-12-22-18)5-8-24(20)2/h3-4,11-12H,5-10H2,1-2H3,(H,21,22). The Bertz CT molecular complexity index is 1010. The number of aryl methyl sites for hydroxylation is 1. The van der Waals surface area contributed by atoms with Crippen LogP contribution < -0.4 is 0 Å². The van der Waals surface area contributed by atoms with Crippen molar-refractivity contribution in [2.45, 2.75) is 31.7 Å². The monoisotopic (exact) mass is 365 g/mol. The number of H-pyrrole nitrogens is 1. The number of rotatable bonds is 1. The molecule has 140 valence electrons. The number of aromatic amines is 1. The van der Waals surface area contributed by atoms with E-state index in [2.05, 4.69) is 26.9 Å². The third kappa shape index (κ3) is 2.49. The largest absolute Gasteiger partial charge is 0.441 e. The lowest BCUT2D eigenvalue weighted by atomic mass is 9.79. The van der Waals surface area contributed by atoms with Gasteiger partial charge in [-0.3, -0.25) is 9.69 Å². The summed E-state index contributed by atoms with van der Waals surface area (Å²) in [5.74, 6) is 0.672. The SMILES string of the molecule is Cc1nc2ccc(C(=O)N3CCC4(CC3)c3nc[nH]c3CCN4C)cc2o1. The van der Waals surface area contributed by atoms with Crippen LogP contribution in [0.1, 0.15) is 40.5 Å². The summed E-state index contributed by atoms with van der Waals surface area (Å²) in [5, 5.41) is 0. The molecule has 0 unspecified atom stereocenters. The number of oxazole rings is 1. The van der Waals surface area contributed by atoms with Crippen LogP contribution in [0.4, 0.5) is 0 Å². The van der Waals surface area contributed by atoms with E-state index in [-0.39, 0.29) is 11.4 Å². The molecule has 1 aromatic carbocycles. The van der Waals surface area contributed by atoms with Gasteiger partial charge >= 0.3 is 0 Å². The number of hydrogen-bond acceptors (Lipinski definition) is 5. The normalized spacial score (nSPS) is 19.6. The predicted octanol–water partition coefficient (Wildman–Crippen LogP) is 2.48. The van der Waals surface area contributed by atoms with Gasteiger partial charge in [0.05, 0.1) is 17.6 Å². The van der Waals surface area contributed by atoms with Gasteiger partial charge in [0.1, 0.15) is 5.52 Å². The van der Waals surface area contributed by atoms with Crippen LogP contribution in [-0.2, 0) is 12.0 Å². The smallest absolute Gasteiger partial charge is 0.253 e. The second-order valence-corrected chi connectivity index (χ2v) is 7.64. The number of carbonyl (C=O) groups is 1. The zero-order valence-corrected chi connectivity index (χ0v) is 15.7. The summed E-state index contributed by atoms with van der Waals surface area (Å²) in [5.41, 5.74) is 4.47. The van der Waals surface area contributed by atoms with Crippen LogP contribution in [0.2, 0.25) is 0 Å². The van der Waals surface area contributed by atoms with Gasteiger partial charge in [0.25, 0.3) is 5.91 Å². The summed E-state index contributed by atoms with van der Waals surface area (Å²) in [4.78, 5) is 29.6. The van der Waals surface area contributed by atoms with E-state index in [9.17, 15) is 4.79 Å². The second kappa shape index (κ2) is 5.92. The molecule has 1 amide bonds. The van der Waals surface area contributed by atoms with E-state index < -0.39 is 0 Å². The Morgan fingerprint density at radius 1 is 1.26 bits per heavy atom. The second-order valence-electron chi connectivity index (χ2n) is 7.64. The molecule has 1 saturated heterocycles. The third-order valence-corrected chi connectivity index (χ3v) is 6.21. The zero-order valence-electron chi connectivity index (χ0n) is 15.7. The molecule has 0 saturated carbocycles. The Kier molecular flexibility index (Phi) is 3.62. The van der Waals surface area contributed by atoms with E-state index in [1.54, 1.807) is 12.4 Å². The number of fused-ring (bicyclic) bond motifs is 3. The van der Waals surface area contributed by atoms with Gasteiger partial charge in [-0.25, -0.2) is 9.97 Å². The first-order valence-corrected chi connectivity index (χ1v) is 9.47. The van der Waals surface area contributed by atoms with Crippen LogP contribution in [0.15, 0.2) is 28.9 Å². The number of nitrogens with one attached hydrogen (secondary N) is 1. The molecule has 0 aliphatic carbocycles. The van der Waals surface area contributed by atoms with Gasteiger partial charge in [0.15, 0.2) is 11.5 Å². The van der Waals surface area contributed by atoms with Crippen LogP contribution in [0.25, 0.3) is 11.1 Å². The minimum absolute atomic E-state index is 0.0570. The summed E-state index contributed by atoms with van der Waals surface area (Å²) in [6.07, 6.45) is 4.61. The molecule has 7 heteroatoms. The van der Waals surface area contributed by atoms with Crippen molar-refractivity contribution >= 4 is 17.0 Å². The summed E-state index contributed by atoms with van der Waals surface area (Å²) < 4.78 is 5.58. The first kappa shape index (κ1) is 16.5. The number of carbonyl (C=O) groups excluding carboxylic acids is 1. The van der Waals surface area contributed by atoms with Gasteiger partial charge < -0.3 is 14.3 Å². The fraction of sp³-hybridized carbons (Fsp3) is 0.450. The zero-order chi connectivity index (χ0) is 18.6. The molecule has 5 rings (SSSR count). The molecule has 1 N–H and O–H groups in total. The summed E-state index contributed by atoms with van der Waals surface area (Å²) in [6.45, 7) is 4.28. The fourth-order valence-electron chi connectivity index (χ4n) is 4.64. The highest BCUT2D eigenvalue weighted by Crippen LogP contribution is 2.41. The fourth-order valence-corrected chi connectivity index (χ4v) is 4.64. The van der Waals surface area contributed by atoms with Crippen LogP contribution in [0.5, 0.6) is 0 Å². The first-order valence-electron chi connectivity index (χ1n) is 9.47. The van der Waals surface area contributed by atoms with Gasteiger partial charge in [-0.1, -0.05) is 0 Å². The average molecular weight is 365 g/mol. The molecule has 0 bridgehead atoms. The number of benzene rings is 1. The van der Waals surface area contributed by atoms with Gasteiger partial charge in [-0.15, -0.1) is 0 Å².